The Bertz CT molecular complexity index is 1120. The van der Waals surface area contributed by atoms with Crippen molar-refractivity contribution in [2.24, 2.45) is 0 Å². The number of benzene rings is 1. The van der Waals surface area contributed by atoms with Crippen LogP contribution in [0.5, 0.6) is 5.75 Å². The minimum absolute atomic E-state index is 0.0286. The Balaban J connectivity index is 1.30. The van der Waals surface area contributed by atoms with Crippen molar-refractivity contribution in [1.82, 2.24) is 25.1 Å². The zero-order valence-corrected chi connectivity index (χ0v) is 23.8. The van der Waals surface area contributed by atoms with E-state index in [4.69, 9.17) is 16.3 Å². The van der Waals surface area contributed by atoms with Crippen molar-refractivity contribution in [3.8, 4) is 5.75 Å². The number of carbonyl (C=O) groups is 2. The Hall–Kier alpha value is -2.92. The summed E-state index contributed by atoms with van der Waals surface area (Å²) in [5, 5.41) is 3.68. The number of amides is 3. The van der Waals surface area contributed by atoms with Crippen LogP contribution in [-0.4, -0.2) is 102 Å². The summed E-state index contributed by atoms with van der Waals surface area (Å²) in [6.07, 6.45) is 0. The second-order valence-electron chi connectivity index (χ2n) is 9.21. The summed E-state index contributed by atoms with van der Waals surface area (Å²) in [5.74, 6) is 1.89. The van der Waals surface area contributed by atoms with Gasteiger partial charge in [0.2, 0.25) is 5.91 Å². The van der Waals surface area contributed by atoms with Gasteiger partial charge in [-0.1, -0.05) is 35.5 Å². The first-order valence-corrected chi connectivity index (χ1v) is 14.5. The van der Waals surface area contributed by atoms with Crippen molar-refractivity contribution >= 4 is 46.8 Å². The lowest BCUT2D eigenvalue weighted by atomic mass is 10.2. The van der Waals surface area contributed by atoms with Crippen LogP contribution in [0.3, 0.4) is 0 Å². The average molecular weight is 562 g/mol. The third-order valence-electron chi connectivity index (χ3n) is 6.66. The fourth-order valence-corrected chi connectivity index (χ4v) is 5.73. The molecule has 206 valence electrons. The summed E-state index contributed by atoms with van der Waals surface area (Å²) in [4.78, 5) is 42.4. The van der Waals surface area contributed by atoms with E-state index in [2.05, 4.69) is 31.2 Å². The van der Waals surface area contributed by atoms with E-state index >= 15 is 0 Å². The summed E-state index contributed by atoms with van der Waals surface area (Å²) in [5.41, 5.74) is 1.07. The lowest BCUT2D eigenvalue weighted by Crippen LogP contribution is -2.56. The SMILES string of the molecule is CCNC(=O)N1CCN(c2cc(Cl)nc(SCC(=O)N3CCN(c4ccccc4OCC)CC3)n2)C[C@@H]1C. The van der Waals surface area contributed by atoms with Crippen LogP contribution in [-0.2, 0) is 4.79 Å². The number of urea groups is 1. The second kappa shape index (κ2) is 13.2. The van der Waals surface area contributed by atoms with Gasteiger partial charge in [0.25, 0.3) is 0 Å². The number of anilines is 2. The minimum Gasteiger partial charge on any atom is -0.492 e. The van der Waals surface area contributed by atoms with E-state index < -0.39 is 0 Å². The van der Waals surface area contributed by atoms with Crippen molar-refractivity contribution in [3.63, 3.8) is 0 Å². The number of para-hydroxylation sites is 2. The number of halogens is 1. The van der Waals surface area contributed by atoms with Crippen molar-refractivity contribution < 1.29 is 14.3 Å². The molecular weight excluding hydrogens is 526 g/mol. The average Bonchev–Trinajstić information content (AvgIpc) is 2.92. The zero-order chi connectivity index (χ0) is 27.1. The Morgan fingerprint density at radius 3 is 2.53 bits per heavy atom. The van der Waals surface area contributed by atoms with Crippen molar-refractivity contribution in [2.75, 3.05) is 74.5 Å². The fraction of sp³-hybridized carbons (Fsp3) is 0.538. The van der Waals surface area contributed by atoms with Crippen molar-refractivity contribution in [3.05, 3.63) is 35.5 Å². The monoisotopic (exact) mass is 561 g/mol. The van der Waals surface area contributed by atoms with Crippen LogP contribution in [0, 0.1) is 0 Å². The summed E-state index contributed by atoms with van der Waals surface area (Å²) in [6.45, 7) is 11.8. The fourth-order valence-electron chi connectivity index (χ4n) is 4.74. The molecule has 0 radical (unpaired) electrons. The van der Waals surface area contributed by atoms with E-state index in [0.717, 1.165) is 24.5 Å². The molecular formula is C26H36ClN7O3S. The molecule has 10 nitrogen and oxygen atoms in total. The van der Waals surface area contributed by atoms with E-state index in [-0.39, 0.29) is 23.7 Å². The number of piperazine rings is 2. The summed E-state index contributed by atoms with van der Waals surface area (Å²) in [7, 11) is 0. The summed E-state index contributed by atoms with van der Waals surface area (Å²) < 4.78 is 5.77. The first kappa shape index (κ1) is 28.1. The third kappa shape index (κ3) is 6.93. The standard InChI is InChI=1S/C26H36ClN7O3S/c1-4-28-26(36)34-15-14-33(17-19(34)3)23-16-22(27)29-25(30-23)38-18-24(35)32-12-10-31(11-13-32)20-8-6-7-9-21(20)37-5-2/h6-9,16,19H,4-5,10-15,17-18H2,1-3H3,(H,28,36)/t19-/m0/s1. The van der Waals surface area contributed by atoms with Crippen LogP contribution in [0.4, 0.5) is 16.3 Å². The molecule has 38 heavy (non-hydrogen) atoms. The van der Waals surface area contributed by atoms with Gasteiger partial charge in [-0.25, -0.2) is 14.8 Å². The Labute approximate surface area is 233 Å². The number of ether oxygens (including phenoxy) is 1. The van der Waals surface area contributed by atoms with Gasteiger partial charge in [-0.3, -0.25) is 4.79 Å². The molecule has 1 aromatic carbocycles. The predicted molar refractivity (Wildman–Crippen MR) is 152 cm³/mol. The van der Waals surface area contributed by atoms with Gasteiger partial charge in [-0.15, -0.1) is 0 Å². The van der Waals surface area contributed by atoms with E-state index in [9.17, 15) is 9.59 Å². The molecule has 2 aromatic rings. The molecule has 4 rings (SSSR count). The molecule has 2 fully saturated rings. The van der Waals surface area contributed by atoms with E-state index in [1.807, 2.05) is 48.8 Å². The Kier molecular flexibility index (Phi) is 9.79. The van der Waals surface area contributed by atoms with Gasteiger partial charge in [-0.2, -0.15) is 0 Å². The maximum Gasteiger partial charge on any atom is 0.317 e. The molecule has 0 spiro atoms. The number of rotatable bonds is 8. The van der Waals surface area contributed by atoms with Gasteiger partial charge in [0.15, 0.2) is 5.16 Å². The topological polar surface area (TPSA) is 94.1 Å². The zero-order valence-electron chi connectivity index (χ0n) is 22.2. The van der Waals surface area contributed by atoms with Crippen LogP contribution in [0.15, 0.2) is 35.5 Å². The molecule has 3 heterocycles. The van der Waals surface area contributed by atoms with Crippen molar-refractivity contribution in [1.29, 1.82) is 0 Å². The number of nitrogens with one attached hydrogen (secondary N) is 1. The molecule has 0 unspecified atom stereocenters. The molecule has 1 atom stereocenters. The number of carbonyl (C=O) groups excluding carboxylic acids is 2. The number of hydrogen-bond acceptors (Lipinski definition) is 8. The maximum atomic E-state index is 13.0. The quantitative estimate of drug-likeness (QED) is 0.298. The highest BCUT2D eigenvalue weighted by atomic mass is 35.5. The molecule has 1 aromatic heterocycles. The number of hydrogen-bond donors (Lipinski definition) is 1. The van der Waals surface area contributed by atoms with Gasteiger partial charge >= 0.3 is 6.03 Å². The summed E-state index contributed by atoms with van der Waals surface area (Å²) in [6, 6.07) is 9.75. The maximum absolute atomic E-state index is 13.0. The molecule has 0 saturated carbocycles. The minimum atomic E-state index is -0.0468. The van der Waals surface area contributed by atoms with E-state index in [0.29, 0.717) is 62.0 Å². The molecule has 12 heteroatoms. The van der Waals surface area contributed by atoms with Crippen LogP contribution in [0.1, 0.15) is 20.8 Å². The predicted octanol–water partition coefficient (Wildman–Crippen LogP) is 3.21. The van der Waals surface area contributed by atoms with Crippen LogP contribution in [0.25, 0.3) is 0 Å². The highest BCUT2D eigenvalue weighted by Crippen LogP contribution is 2.29. The molecule has 2 aliphatic rings. The number of aromatic nitrogens is 2. The van der Waals surface area contributed by atoms with Gasteiger partial charge in [0.1, 0.15) is 16.7 Å². The molecule has 0 bridgehead atoms. The molecule has 1 N–H and O–H groups in total. The first-order chi connectivity index (χ1) is 18.4. The molecule has 0 aliphatic carbocycles. The highest BCUT2D eigenvalue weighted by molar-refractivity contribution is 7.99. The Morgan fingerprint density at radius 1 is 1.08 bits per heavy atom. The van der Waals surface area contributed by atoms with Crippen molar-refractivity contribution in [2.45, 2.75) is 32.0 Å². The third-order valence-corrected chi connectivity index (χ3v) is 7.69. The normalized spacial score (nSPS) is 17.9. The second-order valence-corrected chi connectivity index (χ2v) is 10.5. The van der Waals surface area contributed by atoms with E-state index in [1.165, 1.54) is 11.8 Å². The first-order valence-electron chi connectivity index (χ1n) is 13.1. The smallest absolute Gasteiger partial charge is 0.317 e. The van der Waals surface area contributed by atoms with Crippen LogP contribution < -0.4 is 19.9 Å². The summed E-state index contributed by atoms with van der Waals surface area (Å²) >= 11 is 7.62. The van der Waals surface area contributed by atoms with Gasteiger partial charge in [0, 0.05) is 64.5 Å². The van der Waals surface area contributed by atoms with Gasteiger partial charge < -0.3 is 29.7 Å². The lowest BCUT2D eigenvalue weighted by Gasteiger charge is -2.40. The van der Waals surface area contributed by atoms with Gasteiger partial charge in [0.05, 0.1) is 18.0 Å². The lowest BCUT2D eigenvalue weighted by molar-refractivity contribution is -0.128. The largest absolute Gasteiger partial charge is 0.492 e. The van der Waals surface area contributed by atoms with Crippen LogP contribution >= 0.6 is 23.4 Å². The molecule has 2 aliphatic heterocycles. The molecule has 2 saturated heterocycles. The Morgan fingerprint density at radius 2 is 1.82 bits per heavy atom. The van der Waals surface area contributed by atoms with Gasteiger partial charge in [-0.05, 0) is 32.9 Å². The van der Waals surface area contributed by atoms with E-state index in [1.54, 1.807) is 6.07 Å². The number of thioether (sulfide) groups is 1. The van der Waals surface area contributed by atoms with Crippen LogP contribution in [0.2, 0.25) is 5.15 Å². The highest BCUT2D eigenvalue weighted by Gasteiger charge is 2.28. The number of nitrogens with zero attached hydrogens (tertiary/aromatic N) is 6. The molecule has 3 amide bonds.